The Bertz CT molecular complexity index is 985. The number of nitriles is 1. The molecule has 3 aromatic rings. The van der Waals surface area contributed by atoms with Crippen molar-refractivity contribution in [3.05, 3.63) is 65.8 Å². The number of carbonyl (C=O) groups excluding carboxylic acids is 1. The largest absolute Gasteiger partial charge is 0.339 e. The van der Waals surface area contributed by atoms with Gasteiger partial charge in [0.25, 0.3) is 5.91 Å². The van der Waals surface area contributed by atoms with Crippen molar-refractivity contribution in [3.8, 4) is 17.5 Å². The van der Waals surface area contributed by atoms with Crippen molar-refractivity contribution in [2.75, 3.05) is 13.1 Å². The normalized spacial score (nSPS) is 14.7. The van der Waals surface area contributed by atoms with Gasteiger partial charge in [-0.25, -0.2) is 0 Å². The second-order valence-electron chi connectivity index (χ2n) is 6.45. The maximum Gasteiger partial charge on any atom is 0.253 e. The Hall–Kier alpha value is -3.53. The van der Waals surface area contributed by atoms with E-state index in [1.165, 1.54) is 0 Å². The van der Waals surface area contributed by atoms with Crippen molar-refractivity contribution in [3.63, 3.8) is 0 Å². The third-order valence-electron chi connectivity index (χ3n) is 4.75. The number of pyridine rings is 1. The molecule has 7 heteroatoms. The second kappa shape index (κ2) is 7.38. The van der Waals surface area contributed by atoms with Crippen LogP contribution >= 0.6 is 0 Å². The summed E-state index contributed by atoms with van der Waals surface area (Å²) >= 11 is 0. The van der Waals surface area contributed by atoms with Gasteiger partial charge in [-0.2, -0.15) is 10.2 Å². The summed E-state index contributed by atoms with van der Waals surface area (Å²) in [7, 11) is 0. The number of likely N-dealkylation sites (tertiary alicyclic amines) is 1. The topological polar surface area (TPSA) is 95.9 Å². The van der Waals surface area contributed by atoms with Crippen LogP contribution in [0.15, 0.2) is 53.3 Å². The van der Waals surface area contributed by atoms with Crippen LogP contribution in [0.5, 0.6) is 0 Å². The van der Waals surface area contributed by atoms with Crippen LogP contribution in [0.1, 0.15) is 40.6 Å². The molecule has 0 radical (unpaired) electrons. The maximum absolute atomic E-state index is 12.7. The molecule has 134 valence electrons. The van der Waals surface area contributed by atoms with Crippen molar-refractivity contribution in [1.82, 2.24) is 20.0 Å². The minimum absolute atomic E-state index is 0.0476. The lowest BCUT2D eigenvalue weighted by Crippen LogP contribution is -2.38. The monoisotopic (exact) mass is 359 g/mol. The van der Waals surface area contributed by atoms with Crippen molar-refractivity contribution in [1.29, 1.82) is 5.26 Å². The molecule has 0 bridgehead atoms. The van der Waals surface area contributed by atoms with Gasteiger partial charge >= 0.3 is 0 Å². The van der Waals surface area contributed by atoms with Crippen LogP contribution in [-0.2, 0) is 0 Å². The summed E-state index contributed by atoms with van der Waals surface area (Å²) in [5, 5.41) is 13.1. The van der Waals surface area contributed by atoms with Gasteiger partial charge in [0.15, 0.2) is 0 Å². The molecule has 0 saturated carbocycles. The molecular formula is C20H17N5O2. The fourth-order valence-corrected chi connectivity index (χ4v) is 3.25. The first-order valence-electron chi connectivity index (χ1n) is 8.78. The van der Waals surface area contributed by atoms with Gasteiger partial charge in [0, 0.05) is 42.5 Å². The summed E-state index contributed by atoms with van der Waals surface area (Å²) in [4.78, 5) is 23.0. The van der Waals surface area contributed by atoms with Crippen LogP contribution in [0.2, 0.25) is 0 Å². The number of carbonyl (C=O) groups is 1. The van der Waals surface area contributed by atoms with E-state index in [2.05, 4.69) is 21.2 Å². The Balaban J connectivity index is 1.41. The predicted molar refractivity (Wildman–Crippen MR) is 96.6 cm³/mol. The average molecular weight is 359 g/mol. The number of aromatic nitrogens is 3. The van der Waals surface area contributed by atoms with E-state index in [0.717, 1.165) is 18.4 Å². The molecule has 0 atom stereocenters. The summed E-state index contributed by atoms with van der Waals surface area (Å²) in [6, 6.07) is 12.5. The molecule has 2 aromatic heterocycles. The van der Waals surface area contributed by atoms with Crippen LogP contribution in [0.25, 0.3) is 11.4 Å². The minimum atomic E-state index is -0.0476. The number of nitrogens with zero attached hydrogens (tertiary/aromatic N) is 5. The molecule has 0 unspecified atom stereocenters. The highest BCUT2D eigenvalue weighted by Crippen LogP contribution is 2.29. The standard InChI is InChI=1S/C20H17N5O2/c21-13-14-2-1-3-17(12-14)20(26)25-10-6-16(7-11-25)19-23-18(24-27-19)15-4-8-22-9-5-15/h1-5,8-9,12,16H,6-7,10-11H2. The molecule has 3 heterocycles. The molecule has 1 fully saturated rings. The van der Waals surface area contributed by atoms with E-state index >= 15 is 0 Å². The number of amides is 1. The summed E-state index contributed by atoms with van der Waals surface area (Å²) in [5.74, 6) is 1.26. The van der Waals surface area contributed by atoms with E-state index in [1.807, 2.05) is 17.0 Å². The van der Waals surface area contributed by atoms with Gasteiger partial charge < -0.3 is 9.42 Å². The molecule has 1 amide bonds. The Kier molecular flexibility index (Phi) is 4.62. The molecule has 1 aromatic carbocycles. The fraction of sp³-hybridized carbons (Fsp3) is 0.250. The van der Waals surface area contributed by atoms with Crippen LogP contribution in [0.3, 0.4) is 0 Å². The Morgan fingerprint density at radius 1 is 1.19 bits per heavy atom. The zero-order chi connectivity index (χ0) is 18.6. The molecule has 1 aliphatic rings. The summed E-state index contributed by atoms with van der Waals surface area (Å²) in [6.45, 7) is 1.24. The first-order chi connectivity index (χ1) is 13.2. The van der Waals surface area contributed by atoms with Crippen LogP contribution in [0.4, 0.5) is 0 Å². The van der Waals surface area contributed by atoms with E-state index in [9.17, 15) is 4.79 Å². The number of benzene rings is 1. The Morgan fingerprint density at radius 3 is 2.70 bits per heavy atom. The summed E-state index contributed by atoms with van der Waals surface area (Å²) in [5.41, 5.74) is 1.90. The van der Waals surface area contributed by atoms with Gasteiger partial charge in [-0.05, 0) is 43.2 Å². The number of hydrogen-bond donors (Lipinski definition) is 0. The van der Waals surface area contributed by atoms with E-state index in [0.29, 0.717) is 35.9 Å². The predicted octanol–water partition coefficient (Wildman–Crippen LogP) is 3.02. The third-order valence-corrected chi connectivity index (χ3v) is 4.75. The van der Waals surface area contributed by atoms with Crippen LogP contribution < -0.4 is 0 Å². The van der Waals surface area contributed by atoms with Crippen molar-refractivity contribution < 1.29 is 9.32 Å². The summed E-state index contributed by atoms with van der Waals surface area (Å²) < 4.78 is 5.45. The van der Waals surface area contributed by atoms with Gasteiger partial charge in [0.2, 0.25) is 11.7 Å². The number of rotatable bonds is 3. The molecule has 1 saturated heterocycles. The van der Waals surface area contributed by atoms with Gasteiger partial charge in [-0.1, -0.05) is 11.2 Å². The maximum atomic E-state index is 12.7. The molecule has 27 heavy (non-hydrogen) atoms. The van der Waals surface area contributed by atoms with E-state index in [4.69, 9.17) is 9.78 Å². The third kappa shape index (κ3) is 3.55. The quantitative estimate of drug-likeness (QED) is 0.713. The lowest BCUT2D eigenvalue weighted by molar-refractivity contribution is 0.0704. The Labute approximate surface area is 156 Å². The van der Waals surface area contributed by atoms with Crippen LogP contribution in [0, 0.1) is 11.3 Å². The highest BCUT2D eigenvalue weighted by molar-refractivity contribution is 5.94. The summed E-state index contributed by atoms with van der Waals surface area (Å²) in [6.07, 6.45) is 4.91. The fourth-order valence-electron chi connectivity index (χ4n) is 3.25. The van der Waals surface area contributed by atoms with Crippen molar-refractivity contribution >= 4 is 5.91 Å². The zero-order valence-corrected chi connectivity index (χ0v) is 14.6. The molecule has 0 aliphatic carbocycles. The highest BCUT2D eigenvalue weighted by Gasteiger charge is 2.28. The lowest BCUT2D eigenvalue weighted by Gasteiger charge is -2.30. The van der Waals surface area contributed by atoms with Crippen molar-refractivity contribution in [2.45, 2.75) is 18.8 Å². The average Bonchev–Trinajstić information content (AvgIpc) is 3.24. The van der Waals surface area contributed by atoms with Crippen LogP contribution in [-0.4, -0.2) is 39.0 Å². The molecule has 4 rings (SSSR count). The SMILES string of the molecule is N#Cc1cccc(C(=O)N2CCC(c3nc(-c4ccncc4)no3)CC2)c1. The van der Waals surface area contributed by atoms with Gasteiger partial charge in [-0.3, -0.25) is 9.78 Å². The first-order valence-corrected chi connectivity index (χ1v) is 8.78. The minimum Gasteiger partial charge on any atom is -0.339 e. The Morgan fingerprint density at radius 2 is 1.96 bits per heavy atom. The lowest BCUT2D eigenvalue weighted by atomic mass is 9.96. The second-order valence-corrected chi connectivity index (χ2v) is 6.45. The van der Waals surface area contributed by atoms with E-state index in [1.54, 1.807) is 36.7 Å². The zero-order valence-electron chi connectivity index (χ0n) is 14.6. The van der Waals surface area contributed by atoms with Gasteiger partial charge in [0.1, 0.15) is 0 Å². The van der Waals surface area contributed by atoms with E-state index in [-0.39, 0.29) is 11.8 Å². The molecule has 0 N–H and O–H groups in total. The van der Waals surface area contributed by atoms with E-state index < -0.39 is 0 Å². The molecular weight excluding hydrogens is 342 g/mol. The molecule has 1 aliphatic heterocycles. The smallest absolute Gasteiger partial charge is 0.253 e. The van der Waals surface area contributed by atoms with Crippen molar-refractivity contribution in [2.24, 2.45) is 0 Å². The molecule has 0 spiro atoms. The first kappa shape index (κ1) is 16.9. The highest BCUT2D eigenvalue weighted by atomic mass is 16.5. The number of piperidine rings is 1. The number of hydrogen-bond acceptors (Lipinski definition) is 6. The van der Waals surface area contributed by atoms with Gasteiger partial charge in [-0.15, -0.1) is 0 Å². The van der Waals surface area contributed by atoms with Gasteiger partial charge in [0.05, 0.1) is 11.6 Å². The molecule has 7 nitrogen and oxygen atoms in total.